The summed E-state index contributed by atoms with van der Waals surface area (Å²) < 4.78 is 4.91. The smallest absolute Gasteiger partial charge is 0.407 e. The Morgan fingerprint density at radius 3 is 2.81 bits per heavy atom. The maximum atomic E-state index is 12.4. The molecule has 3 rings (SSSR count). The Bertz CT molecular complexity index is 809. The SMILES string of the molecule is CCOC(=O)N[C@H]1CCN(c2ccc(C(=O)Nc3ccccc3N)cn2)C1. The number of aromatic nitrogens is 1. The minimum Gasteiger partial charge on any atom is -0.450 e. The molecule has 1 aliphatic rings. The summed E-state index contributed by atoms with van der Waals surface area (Å²) >= 11 is 0. The molecular weight excluding hydrogens is 346 g/mol. The predicted octanol–water partition coefficient (Wildman–Crippen LogP) is 2.24. The van der Waals surface area contributed by atoms with Gasteiger partial charge in [-0.15, -0.1) is 0 Å². The van der Waals surface area contributed by atoms with Crippen molar-refractivity contribution in [2.75, 3.05) is 35.6 Å². The van der Waals surface area contributed by atoms with E-state index in [0.717, 1.165) is 18.8 Å². The zero-order chi connectivity index (χ0) is 19.2. The quantitative estimate of drug-likeness (QED) is 0.697. The number of rotatable bonds is 5. The minimum absolute atomic E-state index is 0.0230. The van der Waals surface area contributed by atoms with E-state index in [1.165, 1.54) is 6.20 Å². The van der Waals surface area contributed by atoms with E-state index in [9.17, 15) is 9.59 Å². The van der Waals surface area contributed by atoms with Crippen LogP contribution in [-0.4, -0.2) is 42.7 Å². The first-order chi connectivity index (χ1) is 13.1. The molecule has 0 aliphatic carbocycles. The third kappa shape index (κ3) is 4.66. The van der Waals surface area contributed by atoms with Crippen LogP contribution in [0.5, 0.6) is 0 Å². The third-order valence-corrected chi connectivity index (χ3v) is 4.33. The molecule has 8 heteroatoms. The molecule has 1 atom stereocenters. The number of nitrogens with zero attached hydrogens (tertiary/aromatic N) is 2. The number of nitrogen functional groups attached to an aromatic ring is 1. The Labute approximate surface area is 157 Å². The number of para-hydroxylation sites is 2. The van der Waals surface area contributed by atoms with Crippen molar-refractivity contribution in [2.45, 2.75) is 19.4 Å². The topological polar surface area (TPSA) is 110 Å². The van der Waals surface area contributed by atoms with Gasteiger partial charge < -0.3 is 26.0 Å². The number of amides is 2. The molecule has 0 unspecified atom stereocenters. The van der Waals surface area contributed by atoms with Crippen molar-refractivity contribution < 1.29 is 14.3 Å². The van der Waals surface area contributed by atoms with Gasteiger partial charge in [-0.2, -0.15) is 0 Å². The van der Waals surface area contributed by atoms with E-state index in [1.54, 1.807) is 43.3 Å². The highest BCUT2D eigenvalue weighted by Crippen LogP contribution is 2.20. The lowest BCUT2D eigenvalue weighted by atomic mass is 10.2. The van der Waals surface area contributed by atoms with Crippen molar-refractivity contribution in [3.8, 4) is 0 Å². The molecule has 2 heterocycles. The summed E-state index contributed by atoms with van der Waals surface area (Å²) in [6.07, 6.45) is 1.95. The van der Waals surface area contributed by atoms with Crippen LogP contribution in [0.2, 0.25) is 0 Å². The van der Waals surface area contributed by atoms with Gasteiger partial charge in [0.05, 0.1) is 29.6 Å². The minimum atomic E-state index is -0.399. The standard InChI is InChI=1S/C19H23N5O3/c1-2-27-19(26)22-14-9-10-24(12-14)17-8-7-13(11-21-17)18(25)23-16-6-4-3-5-15(16)20/h3-8,11,14H,2,9-10,12,20H2,1H3,(H,22,26)(H,23,25)/t14-/m0/s1. The normalized spacial score (nSPS) is 16.0. The molecule has 0 spiro atoms. The maximum absolute atomic E-state index is 12.4. The summed E-state index contributed by atoms with van der Waals surface area (Å²) in [4.78, 5) is 30.3. The number of hydrogen-bond acceptors (Lipinski definition) is 6. The first kappa shape index (κ1) is 18.5. The van der Waals surface area contributed by atoms with E-state index >= 15 is 0 Å². The monoisotopic (exact) mass is 369 g/mol. The summed E-state index contributed by atoms with van der Waals surface area (Å²) in [5.74, 6) is 0.495. The highest BCUT2D eigenvalue weighted by atomic mass is 16.5. The first-order valence-corrected chi connectivity index (χ1v) is 8.87. The number of pyridine rings is 1. The van der Waals surface area contributed by atoms with E-state index in [0.29, 0.717) is 30.1 Å². The summed E-state index contributed by atoms with van der Waals surface area (Å²) in [5, 5.41) is 5.61. The summed E-state index contributed by atoms with van der Waals surface area (Å²) in [6, 6.07) is 10.6. The number of alkyl carbamates (subject to hydrolysis) is 1. The van der Waals surface area contributed by atoms with E-state index in [2.05, 4.69) is 20.5 Å². The lowest BCUT2D eigenvalue weighted by Crippen LogP contribution is -2.37. The molecule has 0 radical (unpaired) electrons. The Morgan fingerprint density at radius 2 is 2.11 bits per heavy atom. The van der Waals surface area contributed by atoms with Crippen molar-refractivity contribution in [3.05, 3.63) is 48.2 Å². The number of ether oxygens (including phenoxy) is 1. The number of nitrogens with two attached hydrogens (primary N) is 1. The van der Waals surface area contributed by atoms with Crippen LogP contribution in [0.25, 0.3) is 0 Å². The van der Waals surface area contributed by atoms with E-state index in [-0.39, 0.29) is 11.9 Å². The largest absolute Gasteiger partial charge is 0.450 e. The molecule has 1 aromatic heterocycles. The van der Waals surface area contributed by atoms with Crippen LogP contribution in [0, 0.1) is 0 Å². The molecule has 4 N–H and O–H groups in total. The molecule has 2 amide bonds. The third-order valence-electron chi connectivity index (χ3n) is 4.33. The Kier molecular flexibility index (Phi) is 5.75. The van der Waals surface area contributed by atoms with Gasteiger partial charge in [0.25, 0.3) is 5.91 Å². The van der Waals surface area contributed by atoms with Crippen LogP contribution in [0.15, 0.2) is 42.6 Å². The molecule has 8 nitrogen and oxygen atoms in total. The van der Waals surface area contributed by atoms with Crippen LogP contribution in [-0.2, 0) is 4.74 Å². The zero-order valence-corrected chi connectivity index (χ0v) is 15.1. The Morgan fingerprint density at radius 1 is 1.30 bits per heavy atom. The molecule has 1 fully saturated rings. The molecule has 27 heavy (non-hydrogen) atoms. The average Bonchev–Trinajstić information content (AvgIpc) is 3.12. The van der Waals surface area contributed by atoms with Crippen molar-refractivity contribution in [1.29, 1.82) is 0 Å². The van der Waals surface area contributed by atoms with Crippen molar-refractivity contribution in [3.63, 3.8) is 0 Å². The van der Waals surface area contributed by atoms with Crippen LogP contribution in [0.1, 0.15) is 23.7 Å². The second-order valence-electron chi connectivity index (χ2n) is 6.24. The van der Waals surface area contributed by atoms with Crippen molar-refractivity contribution in [1.82, 2.24) is 10.3 Å². The van der Waals surface area contributed by atoms with E-state index < -0.39 is 6.09 Å². The van der Waals surface area contributed by atoms with Crippen LogP contribution < -0.4 is 21.3 Å². The van der Waals surface area contributed by atoms with E-state index in [4.69, 9.17) is 10.5 Å². The van der Waals surface area contributed by atoms with Gasteiger partial charge in [-0.1, -0.05) is 12.1 Å². The lowest BCUT2D eigenvalue weighted by molar-refractivity contribution is 0.102. The number of carbonyl (C=O) groups excluding carboxylic acids is 2. The van der Waals surface area contributed by atoms with Gasteiger partial charge >= 0.3 is 6.09 Å². The average molecular weight is 369 g/mol. The fourth-order valence-corrected chi connectivity index (χ4v) is 2.94. The van der Waals surface area contributed by atoms with Gasteiger partial charge in [-0.05, 0) is 37.6 Å². The molecular formula is C19H23N5O3. The summed E-state index contributed by atoms with van der Waals surface area (Å²) in [5.41, 5.74) is 7.37. The van der Waals surface area contributed by atoms with Crippen LogP contribution >= 0.6 is 0 Å². The maximum Gasteiger partial charge on any atom is 0.407 e. The van der Waals surface area contributed by atoms with Crippen molar-refractivity contribution in [2.24, 2.45) is 0 Å². The van der Waals surface area contributed by atoms with Crippen LogP contribution in [0.3, 0.4) is 0 Å². The second-order valence-corrected chi connectivity index (χ2v) is 6.24. The molecule has 2 aromatic rings. The number of anilines is 3. The number of nitrogens with one attached hydrogen (secondary N) is 2. The van der Waals surface area contributed by atoms with Crippen LogP contribution in [0.4, 0.5) is 22.0 Å². The molecule has 1 aromatic carbocycles. The van der Waals surface area contributed by atoms with Crippen molar-refractivity contribution >= 4 is 29.2 Å². The first-order valence-electron chi connectivity index (χ1n) is 8.87. The molecule has 0 saturated carbocycles. The van der Waals surface area contributed by atoms with E-state index in [1.807, 2.05) is 0 Å². The van der Waals surface area contributed by atoms with Gasteiger partial charge in [-0.25, -0.2) is 9.78 Å². The lowest BCUT2D eigenvalue weighted by Gasteiger charge is -2.18. The Balaban J connectivity index is 1.58. The van der Waals surface area contributed by atoms with Gasteiger partial charge in [0.15, 0.2) is 0 Å². The summed E-state index contributed by atoms with van der Waals surface area (Å²) in [6.45, 7) is 3.55. The fraction of sp³-hybridized carbons (Fsp3) is 0.316. The van der Waals surface area contributed by atoms with Gasteiger partial charge in [0.1, 0.15) is 5.82 Å². The zero-order valence-electron chi connectivity index (χ0n) is 15.1. The molecule has 1 aliphatic heterocycles. The van der Waals surface area contributed by atoms with Gasteiger partial charge in [-0.3, -0.25) is 4.79 Å². The number of carbonyl (C=O) groups is 2. The molecule has 0 bridgehead atoms. The second kappa shape index (κ2) is 8.39. The number of benzene rings is 1. The van der Waals surface area contributed by atoms with Gasteiger partial charge in [0, 0.05) is 19.3 Å². The number of hydrogen-bond donors (Lipinski definition) is 3. The van der Waals surface area contributed by atoms with Gasteiger partial charge in [0.2, 0.25) is 0 Å². The predicted molar refractivity (Wildman–Crippen MR) is 104 cm³/mol. The molecule has 142 valence electrons. The fourth-order valence-electron chi connectivity index (χ4n) is 2.94. The highest BCUT2D eigenvalue weighted by Gasteiger charge is 2.25. The Hall–Kier alpha value is -3.29. The molecule has 1 saturated heterocycles. The summed E-state index contributed by atoms with van der Waals surface area (Å²) in [7, 11) is 0. The highest BCUT2D eigenvalue weighted by molar-refractivity contribution is 6.05.